The number of amides is 5. The fourth-order valence-corrected chi connectivity index (χ4v) is 4.00. The Morgan fingerprint density at radius 2 is 1.60 bits per heavy atom. The molecule has 0 spiro atoms. The van der Waals surface area contributed by atoms with Crippen molar-refractivity contribution in [2.45, 2.75) is 78.5 Å². The Balaban J connectivity index is 2.91. The van der Waals surface area contributed by atoms with Crippen molar-refractivity contribution < 1.29 is 33.5 Å². The summed E-state index contributed by atoms with van der Waals surface area (Å²) in [5.74, 6) is -5.07. The topological polar surface area (TPSA) is 200 Å². The molecule has 0 bridgehead atoms. The van der Waals surface area contributed by atoms with Gasteiger partial charge in [0.25, 0.3) is 5.91 Å². The molecule has 0 saturated heterocycles. The molecule has 0 aliphatic carbocycles. The van der Waals surface area contributed by atoms with Gasteiger partial charge in [-0.25, -0.2) is 4.79 Å². The highest BCUT2D eigenvalue weighted by atomic mass is 16.5. The number of nitrogens with one attached hydrogen (secondary N) is 3. The Morgan fingerprint density at radius 3 is 2.15 bits per heavy atom. The van der Waals surface area contributed by atoms with Crippen molar-refractivity contribution in [3.05, 3.63) is 35.9 Å². The van der Waals surface area contributed by atoms with Gasteiger partial charge in [-0.3, -0.25) is 24.0 Å². The van der Waals surface area contributed by atoms with Gasteiger partial charge in [0.05, 0.1) is 12.5 Å². The minimum absolute atomic E-state index is 0.0660. The Kier molecular flexibility index (Phi) is 15.0. The molecule has 0 aromatic heterocycles. The molecule has 222 valence electrons. The second-order valence-corrected chi connectivity index (χ2v) is 10.3. The maximum atomic E-state index is 13.3. The second kappa shape index (κ2) is 17.6. The van der Waals surface area contributed by atoms with Gasteiger partial charge < -0.3 is 32.2 Å². The SMILES string of the molecule is CCC(C)C(NC(=O)C(CC(=O)OCc1ccccc1)CC(C)C)C(=O)C(=O)NC(CCCNC(N)=O)C(N)=O. The number of hydrogen-bond acceptors (Lipinski definition) is 7. The first-order valence-electron chi connectivity index (χ1n) is 13.5. The van der Waals surface area contributed by atoms with Crippen LogP contribution in [0.15, 0.2) is 30.3 Å². The smallest absolute Gasteiger partial charge is 0.312 e. The van der Waals surface area contributed by atoms with Crippen molar-refractivity contribution in [1.29, 1.82) is 0 Å². The molecule has 12 heteroatoms. The maximum absolute atomic E-state index is 13.3. The lowest BCUT2D eigenvalue weighted by atomic mass is 9.90. The van der Waals surface area contributed by atoms with E-state index in [4.69, 9.17) is 16.2 Å². The van der Waals surface area contributed by atoms with Crippen molar-refractivity contribution >= 4 is 35.5 Å². The molecule has 0 heterocycles. The number of nitrogens with two attached hydrogens (primary N) is 2. The Morgan fingerprint density at radius 1 is 0.950 bits per heavy atom. The quantitative estimate of drug-likeness (QED) is 0.101. The Hall–Kier alpha value is -3.96. The van der Waals surface area contributed by atoms with Crippen LogP contribution in [0.4, 0.5) is 4.79 Å². The van der Waals surface area contributed by atoms with Crippen LogP contribution in [0.2, 0.25) is 0 Å². The normalized spacial score (nSPS) is 13.8. The summed E-state index contributed by atoms with van der Waals surface area (Å²) in [6.07, 6.45) is 0.983. The number of Topliss-reactive ketones (excluding diaryl/α,β-unsaturated/α-hetero) is 1. The standard InChI is InChI=1S/C28H43N5O7/c1-5-18(4)23(24(35)27(38)32-21(25(29)36)12-9-13-31-28(30)39)33-26(37)20(14-17(2)3)15-22(34)40-16-19-10-7-6-8-11-19/h6-8,10-11,17-18,20-21,23H,5,9,12-16H2,1-4H3,(H2,29,36)(H,32,38)(H,33,37)(H3,30,31,39). The van der Waals surface area contributed by atoms with E-state index in [1.807, 2.05) is 44.2 Å². The van der Waals surface area contributed by atoms with E-state index >= 15 is 0 Å². The molecular formula is C28H43N5O7. The first-order chi connectivity index (χ1) is 18.8. The summed E-state index contributed by atoms with van der Waals surface area (Å²) in [7, 11) is 0. The summed E-state index contributed by atoms with van der Waals surface area (Å²) in [4.78, 5) is 74.4. The van der Waals surface area contributed by atoms with E-state index in [0.29, 0.717) is 12.8 Å². The zero-order valence-electron chi connectivity index (χ0n) is 23.7. The van der Waals surface area contributed by atoms with Gasteiger partial charge in [-0.15, -0.1) is 0 Å². The van der Waals surface area contributed by atoms with Crippen molar-refractivity contribution in [3.8, 4) is 0 Å². The highest BCUT2D eigenvalue weighted by molar-refractivity contribution is 6.38. The first-order valence-corrected chi connectivity index (χ1v) is 13.5. The summed E-state index contributed by atoms with van der Waals surface area (Å²) in [5.41, 5.74) is 11.2. The number of ketones is 1. The average Bonchev–Trinajstić information content (AvgIpc) is 2.90. The van der Waals surface area contributed by atoms with Crippen molar-refractivity contribution in [1.82, 2.24) is 16.0 Å². The summed E-state index contributed by atoms with van der Waals surface area (Å²) in [6, 6.07) is 6.06. The maximum Gasteiger partial charge on any atom is 0.312 e. The molecule has 0 aliphatic heterocycles. The molecule has 1 rings (SSSR count). The highest BCUT2D eigenvalue weighted by Crippen LogP contribution is 2.19. The second-order valence-electron chi connectivity index (χ2n) is 10.3. The van der Waals surface area contributed by atoms with Crippen molar-refractivity contribution in [2.24, 2.45) is 29.2 Å². The lowest BCUT2D eigenvalue weighted by Crippen LogP contribution is -2.55. The molecule has 40 heavy (non-hydrogen) atoms. The molecule has 1 aromatic rings. The van der Waals surface area contributed by atoms with E-state index in [-0.39, 0.29) is 38.3 Å². The number of carbonyl (C=O) groups is 6. The molecule has 7 N–H and O–H groups in total. The molecule has 0 fully saturated rings. The van der Waals surface area contributed by atoms with Crippen LogP contribution in [0.5, 0.6) is 0 Å². The van der Waals surface area contributed by atoms with Gasteiger partial charge >= 0.3 is 12.0 Å². The van der Waals surface area contributed by atoms with Crippen LogP contribution >= 0.6 is 0 Å². The number of urea groups is 1. The molecule has 0 radical (unpaired) electrons. The van der Waals surface area contributed by atoms with Crippen molar-refractivity contribution in [2.75, 3.05) is 6.54 Å². The van der Waals surface area contributed by atoms with Gasteiger partial charge in [0.2, 0.25) is 17.6 Å². The molecule has 4 atom stereocenters. The number of primary amides is 2. The number of hydrogen-bond donors (Lipinski definition) is 5. The van der Waals surface area contributed by atoms with Gasteiger partial charge in [-0.2, -0.15) is 0 Å². The van der Waals surface area contributed by atoms with Crippen LogP contribution in [-0.4, -0.2) is 54.1 Å². The molecule has 0 aliphatic rings. The lowest BCUT2D eigenvalue weighted by molar-refractivity contribution is -0.149. The summed E-state index contributed by atoms with van der Waals surface area (Å²) >= 11 is 0. The highest BCUT2D eigenvalue weighted by Gasteiger charge is 2.35. The largest absolute Gasteiger partial charge is 0.461 e. The molecule has 5 amide bonds. The third kappa shape index (κ3) is 12.7. The number of ether oxygens (including phenoxy) is 1. The van der Waals surface area contributed by atoms with Crippen molar-refractivity contribution in [3.63, 3.8) is 0 Å². The zero-order chi connectivity index (χ0) is 30.2. The fourth-order valence-electron chi connectivity index (χ4n) is 4.00. The molecule has 12 nitrogen and oxygen atoms in total. The van der Waals surface area contributed by atoms with E-state index in [0.717, 1.165) is 5.56 Å². The predicted octanol–water partition coefficient (Wildman–Crippen LogP) is 1.30. The van der Waals surface area contributed by atoms with E-state index in [2.05, 4.69) is 16.0 Å². The Labute approximate surface area is 235 Å². The van der Waals surface area contributed by atoms with Crippen LogP contribution in [0, 0.1) is 17.8 Å². The molecule has 1 aromatic carbocycles. The van der Waals surface area contributed by atoms with E-state index in [9.17, 15) is 28.8 Å². The third-order valence-corrected chi connectivity index (χ3v) is 6.42. The minimum atomic E-state index is -1.18. The molecule has 0 saturated carbocycles. The fraction of sp³-hybridized carbons (Fsp3) is 0.571. The van der Waals surface area contributed by atoms with Crippen LogP contribution < -0.4 is 27.4 Å². The number of carbonyl (C=O) groups excluding carboxylic acids is 6. The third-order valence-electron chi connectivity index (χ3n) is 6.42. The van der Waals surface area contributed by atoms with Crippen LogP contribution in [0.25, 0.3) is 0 Å². The van der Waals surface area contributed by atoms with Gasteiger partial charge in [0.1, 0.15) is 12.6 Å². The van der Waals surface area contributed by atoms with Gasteiger partial charge in [0, 0.05) is 12.5 Å². The van der Waals surface area contributed by atoms with E-state index < -0.39 is 59.4 Å². The number of esters is 1. The predicted molar refractivity (Wildman–Crippen MR) is 148 cm³/mol. The summed E-state index contributed by atoms with van der Waals surface area (Å²) < 4.78 is 5.35. The van der Waals surface area contributed by atoms with Crippen LogP contribution in [0.1, 0.15) is 65.4 Å². The summed E-state index contributed by atoms with van der Waals surface area (Å²) in [6.45, 7) is 7.55. The van der Waals surface area contributed by atoms with Gasteiger partial charge in [-0.05, 0) is 36.7 Å². The zero-order valence-corrected chi connectivity index (χ0v) is 23.7. The van der Waals surface area contributed by atoms with Gasteiger partial charge in [0.15, 0.2) is 0 Å². The van der Waals surface area contributed by atoms with E-state index in [1.54, 1.807) is 13.8 Å². The van der Waals surface area contributed by atoms with Gasteiger partial charge in [-0.1, -0.05) is 64.4 Å². The number of rotatable bonds is 18. The Bertz CT molecular complexity index is 1020. The van der Waals surface area contributed by atoms with E-state index in [1.165, 1.54) is 0 Å². The lowest BCUT2D eigenvalue weighted by Gasteiger charge is -2.26. The number of benzene rings is 1. The molecular weight excluding hydrogens is 518 g/mol. The first kappa shape index (κ1) is 34.1. The average molecular weight is 562 g/mol. The van der Waals surface area contributed by atoms with Crippen LogP contribution in [0.3, 0.4) is 0 Å². The minimum Gasteiger partial charge on any atom is -0.461 e. The monoisotopic (exact) mass is 561 g/mol. The summed E-state index contributed by atoms with van der Waals surface area (Å²) in [5, 5.41) is 7.35. The van der Waals surface area contributed by atoms with Crippen LogP contribution in [-0.2, 0) is 35.3 Å². The molecule has 4 unspecified atom stereocenters.